The topological polar surface area (TPSA) is 36.0 Å². The van der Waals surface area contributed by atoms with Crippen LogP contribution in [0.15, 0.2) is 279 Å². The molecule has 0 saturated heterocycles. The Labute approximate surface area is 466 Å². The second kappa shape index (κ2) is 16.8. The van der Waals surface area contributed by atoms with Crippen molar-refractivity contribution in [2.24, 2.45) is 0 Å². The van der Waals surface area contributed by atoms with Gasteiger partial charge in [-0.25, -0.2) is 0 Å². The summed E-state index contributed by atoms with van der Waals surface area (Å²) in [5.74, 6) is 0. The molecular formula is C72H43B2N3O2S. The molecule has 0 N–H and O–H groups in total. The number of para-hydroxylation sites is 6. The van der Waals surface area contributed by atoms with E-state index in [0.717, 1.165) is 112 Å². The summed E-state index contributed by atoms with van der Waals surface area (Å²) < 4.78 is 14.1. The maximum Gasteiger partial charge on any atom is 0.252 e. The molecule has 0 spiro atoms. The lowest BCUT2D eigenvalue weighted by Crippen LogP contribution is -2.64. The van der Waals surface area contributed by atoms with Crippen molar-refractivity contribution in [1.82, 2.24) is 0 Å². The number of anilines is 9. The van der Waals surface area contributed by atoms with Gasteiger partial charge >= 0.3 is 0 Å². The van der Waals surface area contributed by atoms with Crippen LogP contribution in [0.4, 0.5) is 51.2 Å². The van der Waals surface area contributed by atoms with Gasteiger partial charge < -0.3 is 23.5 Å². The van der Waals surface area contributed by atoms with Crippen LogP contribution in [0.25, 0.3) is 66.1 Å². The zero-order valence-corrected chi connectivity index (χ0v) is 43.9. The van der Waals surface area contributed by atoms with Crippen LogP contribution in [-0.2, 0) is 0 Å². The fourth-order valence-electron chi connectivity index (χ4n) is 14.1. The van der Waals surface area contributed by atoms with Gasteiger partial charge in [0, 0.05) is 89.0 Å². The zero-order valence-electron chi connectivity index (χ0n) is 43.0. The van der Waals surface area contributed by atoms with Crippen LogP contribution in [0.5, 0.6) is 0 Å². The van der Waals surface area contributed by atoms with Crippen molar-refractivity contribution in [3.8, 4) is 22.3 Å². The molecule has 0 aliphatic carbocycles. The van der Waals surface area contributed by atoms with E-state index in [2.05, 4.69) is 276 Å². The number of furan rings is 2. The minimum Gasteiger partial charge on any atom is -0.456 e. The first kappa shape index (κ1) is 44.1. The van der Waals surface area contributed by atoms with E-state index in [0.29, 0.717) is 0 Å². The third kappa shape index (κ3) is 6.11. The summed E-state index contributed by atoms with van der Waals surface area (Å²) in [4.78, 5) is 10.2. The first-order valence-electron chi connectivity index (χ1n) is 27.5. The van der Waals surface area contributed by atoms with Crippen molar-refractivity contribution in [2.45, 2.75) is 9.79 Å². The third-order valence-electron chi connectivity index (χ3n) is 17.2. The molecule has 80 heavy (non-hydrogen) atoms. The molecule has 0 fully saturated rings. The van der Waals surface area contributed by atoms with Crippen molar-refractivity contribution < 1.29 is 8.83 Å². The molecule has 0 atom stereocenters. The predicted octanol–water partition coefficient (Wildman–Crippen LogP) is 15.7. The summed E-state index contributed by atoms with van der Waals surface area (Å²) in [6, 6.07) is 95.8. The molecule has 0 unspecified atom stereocenters. The lowest BCUT2D eigenvalue weighted by atomic mass is 9.30. The fraction of sp³-hybridized carbons (Fsp3) is 0. The first-order valence-corrected chi connectivity index (χ1v) is 28.3. The van der Waals surface area contributed by atoms with Gasteiger partial charge in [0.2, 0.25) is 6.71 Å². The van der Waals surface area contributed by atoms with Gasteiger partial charge in [0.1, 0.15) is 22.3 Å². The highest BCUT2D eigenvalue weighted by atomic mass is 32.2. The van der Waals surface area contributed by atoms with Gasteiger partial charge in [0.15, 0.2) is 0 Å². The Balaban J connectivity index is 1.04. The summed E-state index contributed by atoms with van der Waals surface area (Å²) in [6.45, 7) is -0.282. The summed E-state index contributed by atoms with van der Waals surface area (Å²) in [5.41, 5.74) is 25.6. The molecule has 2 aromatic heterocycles. The quantitative estimate of drug-likeness (QED) is 0.160. The minimum absolute atomic E-state index is 0.0958. The number of rotatable bonds is 5. The van der Waals surface area contributed by atoms with Crippen molar-refractivity contribution in [1.29, 1.82) is 0 Å². The third-order valence-corrected chi connectivity index (χ3v) is 18.5. The maximum atomic E-state index is 7.16. The van der Waals surface area contributed by atoms with E-state index in [1.54, 1.807) is 0 Å². The highest BCUT2D eigenvalue weighted by molar-refractivity contribution is 8.00. The molecule has 18 rings (SSSR count). The van der Waals surface area contributed by atoms with Gasteiger partial charge in [-0.15, -0.1) is 0 Å². The van der Waals surface area contributed by atoms with Crippen LogP contribution >= 0.6 is 11.8 Å². The largest absolute Gasteiger partial charge is 0.456 e. The second-order valence-electron chi connectivity index (χ2n) is 21.4. The van der Waals surface area contributed by atoms with Crippen LogP contribution in [0, 0.1) is 0 Å². The molecule has 6 heterocycles. The molecular weight excluding hydrogens is 993 g/mol. The van der Waals surface area contributed by atoms with E-state index in [1.165, 1.54) is 48.0 Å². The summed E-state index contributed by atoms with van der Waals surface area (Å²) >= 11 is 1.89. The van der Waals surface area contributed by atoms with Crippen molar-refractivity contribution in [3.63, 3.8) is 0 Å². The molecule has 4 aliphatic rings. The summed E-state index contributed by atoms with van der Waals surface area (Å²) in [5, 5.41) is 4.51. The van der Waals surface area contributed by atoms with Crippen molar-refractivity contribution >= 4 is 153 Å². The normalized spacial score (nSPS) is 13.6. The highest BCUT2D eigenvalue weighted by Crippen LogP contribution is 2.55. The van der Waals surface area contributed by atoms with Crippen LogP contribution in [0.3, 0.4) is 0 Å². The Morgan fingerprint density at radius 1 is 0.312 bits per heavy atom. The number of fused-ring (bicyclic) bond motifs is 16. The molecule has 5 nitrogen and oxygen atoms in total. The zero-order chi connectivity index (χ0) is 52.2. The first-order chi connectivity index (χ1) is 39.7. The average molecular weight is 1040 g/mol. The Kier molecular flexibility index (Phi) is 9.28. The predicted molar refractivity (Wildman–Crippen MR) is 336 cm³/mol. The SMILES string of the molecule is c1ccc(-c2cccc(-c3ccccc3)c2N2c3cc4c(cc3B3c5ccccc5N(c5ccccc5)c5c3c2cc2oc3ccccc3c52)B2c3ccccc3Sc3c2c(cc2oc5ccccc5c32)N4c2ccccc2)cc1. The molecule has 4 aliphatic heterocycles. The summed E-state index contributed by atoms with van der Waals surface area (Å²) in [6.07, 6.45) is 0. The Morgan fingerprint density at radius 3 is 1.48 bits per heavy atom. The van der Waals surface area contributed by atoms with E-state index < -0.39 is 0 Å². The van der Waals surface area contributed by atoms with E-state index >= 15 is 0 Å². The number of hydrogen-bond acceptors (Lipinski definition) is 6. The van der Waals surface area contributed by atoms with Crippen LogP contribution in [0.1, 0.15) is 0 Å². The van der Waals surface area contributed by atoms with Crippen LogP contribution < -0.4 is 47.5 Å². The van der Waals surface area contributed by atoms with Gasteiger partial charge in [-0.05, 0) is 93.0 Å². The number of hydrogen-bond donors (Lipinski definition) is 0. The average Bonchev–Trinajstić information content (AvgIpc) is 2.77. The highest BCUT2D eigenvalue weighted by Gasteiger charge is 2.49. The maximum absolute atomic E-state index is 7.16. The summed E-state index contributed by atoms with van der Waals surface area (Å²) in [7, 11) is 0. The van der Waals surface area contributed by atoms with Crippen molar-refractivity contribution in [2.75, 3.05) is 14.7 Å². The molecule has 0 radical (unpaired) electrons. The molecule has 0 amide bonds. The minimum atomic E-state index is -0.186. The molecule has 0 saturated carbocycles. The second-order valence-corrected chi connectivity index (χ2v) is 22.4. The van der Waals surface area contributed by atoms with Gasteiger partial charge in [-0.2, -0.15) is 0 Å². The van der Waals surface area contributed by atoms with E-state index in [1.807, 2.05) is 11.8 Å². The van der Waals surface area contributed by atoms with Crippen LogP contribution in [0.2, 0.25) is 0 Å². The van der Waals surface area contributed by atoms with Crippen LogP contribution in [-0.4, -0.2) is 13.4 Å². The lowest BCUT2D eigenvalue weighted by Gasteiger charge is -2.47. The lowest BCUT2D eigenvalue weighted by molar-refractivity contribution is 0.668. The molecule has 370 valence electrons. The van der Waals surface area contributed by atoms with Gasteiger partial charge in [-0.1, -0.05) is 211 Å². The Bertz CT molecular complexity index is 4850. The molecule has 0 bridgehead atoms. The van der Waals surface area contributed by atoms with Gasteiger partial charge in [-0.3, -0.25) is 0 Å². The Morgan fingerprint density at radius 2 is 0.812 bits per heavy atom. The number of nitrogens with zero attached hydrogens (tertiary/aromatic N) is 3. The Hall–Kier alpha value is -9.88. The fourth-order valence-corrected chi connectivity index (χ4v) is 15.4. The van der Waals surface area contributed by atoms with E-state index in [9.17, 15) is 0 Å². The van der Waals surface area contributed by atoms with Gasteiger partial charge in [0.25, 0.3) is 6.71 Å². The standard InChI is InChI=1S/C72H43B2N3O2S/c1-5-22-44(23-6-1)48-32-21-33-49(45-24-7-2-8-25-45)70(48)77-58-41-57-54(74-53-35-16-20-39-65(53)80-72-67-51-31-14-19-38-62(51)79-64(67)43-60(69(72)74)75(57)46-26-9-3-10-27-46)40-55(58)73-52-34-15-17-36-56(52)76(47-28-11-4-12-29-47)71-66-50-30-13-18-37-61(50)78-63(66)42-59(77)68(71)73/h1-43H. The molecule has 12 aromatic carbocycles. The monoisotopic (exact) mass is 1040 g/mol. The smallest absolute Gasteiger partial charge is 0.252 e. The van der Waals surface area contributed by atoms with E-state index in [4.69, 9.17) is 8.83 Å². The molecule has 8 heteroatoms. The number of benzene rings is 12. The van der Waals surface area contributed by atoms with Gasteiger partial charge in [0.05, 0.1) is 16.8 Å². The van der Waals surface area contributed by atoms with Crippen molar-refractivity contribution in [3.05, 3.63) is 261 Å². The molecule has 14 aromatic rings. The van der Waals surface area contributed by atoms with E-state index in [-0.39, 0.29) is 13.4 Å².